The van der Waals surface area contributed by atoms with Gasteiger partial charge in [0.2, 0.25) is 5.95 Å². The molecule has 0 amide bonds. The average Bonchev–Trinajstić information content (AvgIpc) is 2.85. The first-order valence-electron chi connectivity index (χ1n) is 12.2. The lowest BCUT2D eigenvalue weighted by molar-refractivity contribution is 0.312. The van der Waals surface area contributed by atoms with Gasteiger partial charge in [0.25, 0.3) is 0 Å². The second-order valence-electron chi connectivity index (χ2n) is 9.70. The zero-order valence-electron chi connectivity index (χ0n) is 20.8. The number of fused-ring (bicyclic) bond motifs is 6. The van der Waals surface area contributed by atoms with Gasteiger partial charge in [0.15, 0.2) is 15.7 Å². The first-order valence-corrected chi connectivity index (χ1v) is 14.1. The highest BCUT2D eigenvalue weighted by Gasteiger charge is 2.24. The van der Waals surface area contributed by atoms with Gasteiger partial charge in [0.1, 0.15) is 5.02 Å². The molecule has 6 bridgehead atoms. The molecule has 3 aromatic rings. The van der Waals surface area contributed by atoms with Crippen molar-refractivity contribution in [1.29, 1.82) is 0 Å². The van der Waals surface area contributed by atoms with Crippen LogP contribution < -0.4 is 15.5 Å². The molecule has 1 aromatic heterocycles. The van der Waals surface area contributed by atoms with Crippen LogP contribution in [0.4, 0.5) is 28.8 Å². The molecule has 0 atom stereocenters. The van der Waals surface area contributed by atoms with E-state index in [1.807, 2.05) is 12.1 Å². The fourth-order valence-corrected chi connectivity index (χ4v) is 5.92. The summed E-state index contributed by atoms with van der Waals surface area (Å²) in [6.07, 6.45) is 3.09. The fourth-order valence-electron chi connectivity index (χ4n) is 4.60. The van der Waals surface area contributed by atoms with E-state index in [0.717, 1.165) is 50.3 Å². The number of aryl methyl sites for hydroxylation is 2. The Labute approximate surface area is 217 Å². The van der Waals surface area contributed by atoms with Crippen molar-refractivity contribution in [3.8, 4) is 0 Å². The molecule has 0 unspecified atom stereocenters. The van der Waals surface area contributed by atoms with Gasteiger partial charge in [-0.25, -0.2) is 13.4 Å². The van der Waals surface area contributed by atoms with Crippen molar-refractivity contribution < 1.29 is 8.42 Å². The summed E-state index contributed by atoms with van der Waals surface area (Å²) >= 11 is 6.41. The van der Waals surface area contributed by atoms with E-state index in [1.165, 1.54) is 17.4 Å². The van der Waals surface area contributed by atoms with Crippen LogP contribution in [-0.4, -0.2) is 61.8 Å². The maximum Gasteiger partial charge on any atom is 0.229 e. The number of likely N-dealkylation sites (N-methyl/N-ethyl adjacent to an activating group) is 1. The minimum Gasteiger partial charge on any atom is -0.369 e. The van der Waals surface area contributed by atoms with Gasteiger partial charge in [-0.1, -0.05) is 17.7 Å². The molecule has 3 heterocycles. The normalized spacial score (nSPS) is 16.4. The van der Waals surface area contributed by atoms with Gasteiger partial charge in [-0.3, -0.25) is 0 Å². The van der Waals surface area contributed by atoms with Crippen molar-refractivity contribution in [2.24, 2.45) is 0 Å². The van der Waals surface area contributed by atoms with E-state index in [0.29, 0.717) is 22.5 Å². The fraction of sp³-hybridized carbons (Fsp3) is 0.385. The quantitative estimate of drug-likeness (QED) is 0.509. The van der Waals surface area contributed by atoms with E-state index in [-0.39, 0.29) is 4.90 Å². The number of hydrogen-bond acceptors (Lipinski definition) is 8. The molecule has 190 valence electrons. The molecule has 0 aliphatic carbocycles. The summed E-state index contributed by atoms with van der Waals surface area (Å²) < 4.78 is 26.3. The maximum absolute atomic E-state index is 13.1. The number of aromatic nitrogens is 2. The Balaban J connectivity index is 1.60. The van der Waals surface area contributed by atoms with Crippen LogP contribution in [0, 0.1) is 0 Å². The molecule has 5 rings (SSSR count). The van der Waals surface area contributed by atoms with Crippen LogP contribution in [0.2, 0.25) is 5.02 Å². The molecule has 0 spiro atoms. The number of nitrogens with zero attached hydrogens (tertiary/aromatic N) is 4. The molecule has 0 saturated carbocycles. The van der Waals surface area contributed by atoms with Crippen molar-refractivity contribution in [2.45, 2.75) is 36.8 Å². The van der Waals surface area contributed by atoms with E-state index < -0.39 is 15.1 Å². The Morgan fingerprint density at radius 2 is 1.78 bits per heavy atom. The largest absolute Gasteiger partial charge is 0.369 e. The zero-order chi connectivity index (χ0) is 25.4. The summed E-state index contributed by atoms with van der Waals surface area (Å²) in [5, 5.41) is 6.22. The number of hydrogen-bond donors (Lipinski definition) is 2. The summed E-state index contributed by atoms with van der Waals surface area (Å²) in [5.74, 6) is 0.726. The molecular formula is C26H31ClN6O2S. The van der Waals surface area contributed by atoms with Crippen LogP contribution in [0.1, 0.15) is 25.0 Å². The highest BCUT2D eigenvalue weighted by Crippen LogP contribution is 2.34. The van der Waals surface area contributed by atoms with Gasteiger partial charge >= 0.3 is 0 Å². The highest BCUT2D eigenvalue weighted by molar-refractivity contribution is 7.92. The molecule has 2 aliphatic rings. The molecule has 2 aliphatic heterocycles. The Kier molecular flexibility index (Phi) is 6.80. The predicted octanol–water partition coefficient (Wildman–Crippen LogP) is 4.65. The first-order chi connectivity index (χ1) is 17.2. The summed E-state index contributed by atoms with van der Waals surface area (Å²) in [4.78, 5) is 13.9. The molecular weight excluding hydrogens is 496 g/mol. The Bertz CT molecular complexity index is 1390. The molecule has 2 N–H and O–H groups in total. The van der Waals surface area contributed by atoms with Gasteiger partial charge in [-0.2, -0.15) is 4.98 Å². The third kappa shape index (κ3) is 5.00. The molecule has 1 saturated heterocycles. The van der Waals surface area contributed by atoms with Crippen molar-refractivity contribution >= 4 is 50.3 Å². The van der Waals surface area contributed by atoms with Crippen molar-refractivity contribution in [3.63, 3.8) is 0 Å². The zero-order valence-corrected chi connectivity index (χ0v) is 22.3. The van der Waals surface area contributed by atoms with Crippen molar-refractivity contribution in [3.05, 3.63) is 58.7 Å². The molecule has 0 radical (unpaired) electrons. The Morgan fingerprint density at radius 1 is 1.00 bits per heavy atom. The minimum atomic E-state index is -3.53. The number of rotatable bonds is 3. The van der Waals surface area contributed by atoms with Crippen LogP contribution in [0.25, 0.3) is 0 Å². The van der Waals surface area contributed by atoms with E-state index >= 15 is 0 Å². The predicted molar refractivity (Wildman–Crippen MR) is 146 cm³/mol. The second-order valence-corrected chi connectivity index (χ2v) is 12.6. The maximum atomic E-state index is 13.1. The summed E-state index contributed by atoms with van der Waals surface area (Å²) in [5.41, 5.74) is 4.86. The van der Waals surface area contributed by atoms with Crippen LogP contribution in [0.3, 0.4) is 0 Å². The van der Waals surface area contributed by atoms with Gasteiger partial charge in [0.05, 0.1) is 22.0 Å². The Hall–Kier alpha value is -2.88. The lowest BCUT2D eigenvalue weighted by atomic mass is 10.0. The third-order valence-corrected chi connectivity index (χ3v) is 9.32. The average molecular weight is 527 g/mol. The van der Waals surface area contributed by atoms with Gasteiger partial charge in [0, 0.05) is 37.6 Å². The smallest absolute Gasteiger partial charge is 0.229 e. The van der Waals surface area contributed by atoms with E-state index in [9.17, 15) is 8.42 Å². The lowest BCUT2D eigenvalue weighted by Gasteiger charge is -2.35. The molecule has 1 fully saturated rings. The molecule has 36 heavy (non-hydrogen) atoms. The van der Waals surface area contributed by atoms with E-state index in [1.54, 1.807) is 19.9 Å². The number of nitrogens with one attached hydrogen (secondary N) is 2. The van der Waals surface area contributed by atoms with E-state index in [4.69, 9.17) is 11.6 Å². The number of sulfone groups is 1. The molecule has 8 nitrogen and oxygen atoms in total. The minimum absolute atomic E-state index is 0.235. The van der Waals surface area contributed by atoms with E-state index in [2.05, 4.69) is 55.6 Å². The monoisotopic (exact) mass is 526 g/mol. The number of halogens is 1. The number of anilines is 5. The molecule has 10 heteroatoms. The molecule has 2 aromatic carbocycles. The first kappa shape index (κ1) is 24.8. The Morgan fingerprint density at radius 3 is 2.53 bits per heavy atom. The van der Waals surface area contributed by atoms with Gasteiger partial charge in [-0.05, 0) is 75.2 Å². The third-order valence-electron chi connectivity index (χ3n) is 6.83. The second kappa shape index (κ2) is 9.88. The van der Waals surface area contributed by atoms with Crippen molar-refractivity contribution in [1.82, 2.24) is 14.9 Å². The highest BCUT2D eigenvalue weighted by atomic mass is 35.5. The van der Waals surface area contributed by atoms with Crippen molar-refractivity contribution in [2.75, 3.05) is 48.8 Å². The SMILES string of the molecule is CC(C)S(=O)(=O)c1ccc2cc1Nc1nc(ncc1Cl)Nc1ccc(N3CCN(C)CC3)c(c1)CC2. The summed E-state index contributed by atoms with van der Waals surface area (Å²) in [6.45, 7) is 7.39. The van der Waals surface area contributed by atoms with Gasteiger partial charge < -0.3 is 20.4 Å². The number of benzene rings is 2. The van der Waals surface area contributed by atoms with Crippen LogP contribution in [0.5, 0.6) is 0 Å². The topological polar surface area (TPSA) is 90.5 Å². The van der Waals surface area contributed by atoms with Crippen LogP contribution >= 0.6 is 11.6 Å². The summed E-state index contributed by atoms with van der Waals surface area (Å²) in [7, 11) is -1.37. The number of piperazine rings is 1. The van der Waals surface area contributed by atoms with Gasteiger partial charge in [-0.15, -0.1) is 0 Å². The standard InChI is InChI=1S/C26H31ClN6O2S/c1-17(2)36(34,35)24-9-5-18-4-6-19-15-20(7-8-23(19)33-12-10-32(3)11-13-33)29-26-28-16-21(27)25(31-26)30-22(24)14-18/h5,7-9,14-17H,4,6,10-13H2,1-3H3,(H2,28,29,30,31). The van der Waals surface area contributed by atoms with Crippen LogP contribution in [0.15, 0.2) is 47.5 Å². The lowest BCUT2D eigenvalue weighted by Crippen LogP contribution is -2.44. The summed E-state index contributed by atoms with van der Waals surface area (Å²) in [6, 6.07) is 11.9. The van der Waals surface area contributed by atoms with Crippen LogP contribution in [-0.2, 0) is 22.7 Å².